The van der Waals surface area contributed by atoms with E-state index in [0.717, 1.165) is 37.4 Å². The average Bonchev–Trinajstić information content (AvgIpc) is 2.70. The van der Waals surface area contributed by atoms with Crippen LogP contribution >= 0.6 is 0 Å². The Morgan fingerprint density at radius 3 is 2.85 bits per heavy atom. The molecule has 2 N–H and O–H groups in total. The largest absolute Gasteiger partial charge is 0.461 e. The van der Waals surface area contributed by atoms with Gasteiger partial charge in [0.2, 0.25) is 0 Å². The zero-order valence-corrected chi connectivity index (χ0v) is 12.6. The Bertz CT molecular complexity index is 614. The Morgan fingerprint density at radius 1 is 1.35 bits per heavy atom. The highest BCUT2D eigenvalue weighted by Gasteiger charge is 2.33. The molecule has 1 aromatic carbocycles. The van der Waals surface area contributed by atoms with Crippen LogP contribution in [0.15, 0.2) is 28.7 Å². The number of piperidine rings is 1. The maximum absolute atomic E-state index is 6.22. The normalized spacial score (nSPS) is 23.3. The van der Waals surface area contributed by atoms with Crippen LogP contribution in [0.25, 0.3) is 11.0 Å². The number of rotatable bonds is 2. The Balaban J connectivity index is 1.85. The molecule has 0 radical (unpaired) electrons. The minimum atomic E-state index is 0.186. The lowest BCUT2D eigenvalue weighted by molar-refractivity contribution is 0.0898. The molecule has 1 aliphatic heterocycles. The molecule has 2 heterocycles. The molecule has 1 saturated heterocycles. The van der Waals surface area contributed by atoms with Crippen molar-refractivity contribution >= 4 is 11.0 Å². The van der Waals surface area contributed by atoms with Crippen molar-refractivity contribution in [3.8, 4) is 0 Å². The van der Waals surface area contributed by atoms with Gasteiger partial charge in [0.15, 0.2) is 0 Å². The summed E-state index contributed by atoms with van der Waals surface area (Å²) in [5.41, 5.74) is 8.73. The van der Waals surface area contributed by atoms with Crippen LogP contribution in [0.2, 0.25) is 0 Å². The number of hydrogen-bond donors (Lipinski definition) is 1. The maximum atomic E-state index is 6.22. The van der Waals surface area contributed by atoms with E-state index in [9.17, 15) is 0 Å². The van der Waals surface area contributed by atoms with Crippen molar-refractivity contribution in [2.45, 2.75) is 39.8 Å². The van der Waals surface area contributed by atoms with Gasteiger partial charge in [-0.25, -0.2) is 0 Å². The van der Waals surface area contributed by atoms with Gasteiger partial charge >= 0.3 is 0 Å². The molecule has 3 heteroatoms. The predicted octanol–water partition coefficient (Wildman–Crippen LogP) is 3.30. The molecule has 2 aromatic rings. The summed E-state index contributed by atoms with van der Waals surface area (Å²) in [7, 11) is 0. The summed E-state index contributed by atoms with van der Waals surface area (Å²) in [6.07, 6.45) is 1.07. The molecule has 3 nitrogen and oxygen atoms in total. The van der Waals surface area contributed by atoms with E-state index in [1.807, 2.05) is 12.1 Å². The molecule has 1 atom stereocenters. The Labute approximate surface area is 120 Å². The van der Waals surface area contributed by atoms with Gasteiger partial charge in [-0.05, 0) is 24.8 Å². The van der Waals surface area contributed by atoms with Crippen molar-refractivity contribution < 1.29 is 4.42 Å². The molecule has 108 valence electrons. The van der Waals surface area contributed by atoms with Crippen LogP contribution in [0.5, 0.6) is 0 Å². The molecule has 0 bridgehead atoms. The lowest BCUT2D eigenvalue weighted by Gasteiger charge is -2.42. The van der Waals surface area contributed by atoms with Crippen LogP contribution in [-0.4, -0.2) is 24.0 Å². The summed E-state index contributed by atoms with van der Waals surface area (Å²) in [4.78, 5) is 2.51. The molecule has 0 amide bonds. The molecule has 20 heavy (non-hydrogen) atoms. The quantitative estimate of drug-likeness (QED) is 0.912. The van der Waals surface area contributed by atoms with Crippen LogP contribution in [0.3, 0.4) is 0 Å². The Morgan fingerprint density at radius 2 is 2.10 bits per heavy atom. The molecule has 0 saturated carbocycles. The lowest BCUT2D eigenvalue weighted by Crippen LogP contribution is -2.52. The van der Waals surface area contributed by atoms with Crippen LogP contribution in [0.1, 0.15) is 31.6 Å². The summed E-state index contributed by atoms with van der Waals surface area (Å²) in [5.74, 6) is 1.04. The monoisotopic (exact) mass is 272 g/mol. The van der Waals surface area contributed by atoms with E-state index in [2.05, 4.69) is 37.8 Å². The molecule has 0 spiro atoms. The van der Waals surface area contributed by atoms with E-state index in [4.69, 9.17) is 10.2 Å². The van der Waals surface area contributed by atoms with E-state index in [-0.39, 0.29) is 5.41 Å². The van der Waals surface area contributed by atoms with Crippen molar-refractivity contribution in [2.24, 2.45) is 11.1 Å². The number of furan rings is 1. The molecule has 1 fully saturated rings. The second-order valence-electron chi connectivity index (χ2n) is 6.73. The fraction of sp³-hybridized carbons (Fsp3) is 0.529. The number of fused-ring (bicyclic) bond motifs is 1. The highest BCUT2D eigenvalue weighted by atomic mass is 16.3. The zero-order chi connectivity index (χ0) is 14.3. The smallest absolute Gasteiger partial charge is 0.134 e. The number of para-hydroxylation sites is 1. The van der Waals surface area contributed by atoms with Gasteiger partial charge in [0.25, 0.3) is 0 Å². The molecule has 3 rings (SSSR count). The SMILES string of the molecule is Cc1oc2ccccc2c1CN1CCC(N)C(C)(C)C1. The van der Waals surface area contributed by atoms with Gasteiger partial charge in [-0.2, -0.15) is 0 Å². The average molecular weight is 272 g/mol. The topological polar surface area (TPSA) is 42.4 Å². The van der Waals surface area contributed by atoms with E-state index < -0.39 is 0 Å². The fourth-order valence-electron chi connectivity index (χ4n) is 3.26. The van der Waals surface area contributed by atoms with Crippen molar-refractivity contribution in [2.75, 3.05) is 13.1 Å². The highest BCUT2D eigenvalue weighted by Crippen LogP contribution is 2.31. The number of benzene rings is 1. The highest BCUT2D eigenvalue weighted by molar-refractivity contribution is 5.82. The second-order valence-corrected chi connectivity index (χ2v) is 6.73. The maximum Gasteiger partial charge on any atom is 0.134 e. The molecular formula is C17H24N2O. The van der Waals surface area contributed by atoms with Crippen LogP contribution in [-0.2, 0) is 6.54 Å². The van der Waals surface area contributed by atoms with Crippen molar-refractivity contribution in [1.29, 1.82) is 0 Å². The van der Waals surface area contributed by atoms with E-state index in [1.165, 1.54) is 10.9 Å². The first-order chi connectivity index (χ1) is 9.47. The van der Waals surface area contributed by atoms with Crippen LogP contribution in [0.4, 0.5) is 0 Å². The molecule has 0 aliphatic carbocycles. The standard InChI is InChI=1S/C17H24N2O/c1-12-14(13-6-4-5-7-15(13)20-12)10-19-9-8-16(18)17(2,3)11-19/h4-7,16H,8-11,18H2,1-3H3. The number of nitrogens with zero attached hydrogens (tertiary/aromatic N) is 1. The summed E-state index contributed by atoms with van der Waals surface area (Å²) < 4.78 is 5.86. The summed E-state index contributed by atoms with van der Waals surface area (Å²) >= 11 is 0. The van der Waals surface area contributed by atoms with Crippen molar-refractivity contribution in [1.82, 2.24) is 4.90 Å². The Kier molecular flexibility index (Phi) is 3.35. The van der Waals surface area contributed by atoms with Crippen LogP contribution < -0.4 is 5.73 Å². The number of hydrogen-bond acceptors (Lipinski definition) is 3. The van der Waals surface area contributed by atoms with Gasteiger partial charge in [0.1, 0.15) is 11.3 Å². The molecule has 1 unspecified atom stereocenters. The van der Waals surface area contributed by atoms with E-state index in [0.29, 0.717) is 6.04 Å². The molecule has 1 aliphatic rings. The predicted molar refractivity (Wildman–Crippen MR) is 82.6 cm³/mol. The number of nitrogens with two attached hydrogens (primary N) is 1. The third kappa shape index (κ3) is 2.36. The zero-order valence-electron chi connectivity index (χ0n) is 12.6. The first-order valence-corrected chi connectivity index (χ1v) is 7.42. The van der Waals surface area contributed by atoms with E-state index in [1.54, 1.807) is 0 Å². The second kappa shape index (κ2) is 4.90. The lowest BCUT2D eigenvalue weighted by atomic mass is 9.79. The van der Waals surface area contributed by atoms with Gasteiger partial charge < -0.3 is 10.2 Å². The number of likely N-dealkylation sites (tertiary alicyclic amines) is 1. The fourth-order valence-corrected chi connectivity index (χ4v) is 3.26. The summed E-state index contributed by atoms with van der Waals surface area (Å²) in [5, 5.41) is 1.25. The van der Waals surface area contributed by atoms with Gasteiger partial charge in [-0.3, -0.25) is 4.90 Å². The molecular weight excluding hydrogens is 248 g/mol. The van der Waals surface area contributed by atoms with Gasteiger partial charge in [0.05, 0.1) is 0 Å². The van der Waals surface area contributed by atoms with Gasteiger partial charge in [-0.15, -0.1) is 0 Å². The first kappa shape index (κ1) is 13.7. The summed E-state index contributed by atoms with van der Waals surface area (Å²) in [6, 6.07) is 8.61. The van der Waals surface area contributed by atoms with Gasteiger partial charge in [-0.1, -0.05) is 32.0 Å². The van der Waals surface area contributed by atoms with Crippen LogP contribution in [0, 0.1) is 12.3 Å². The van der Waals surface area contributed by atoms with E-state index >= 15 is 0 Å². The molecule has 1 aromatic heterocycles. The third-order valence-electron chi connectivity index (χ3n) is 4.67. The first-order valence-electron chi connectivity index (χ1n) is 7.42. The van der Waals surface area contributed by atoms with Crippen molar-refractivity contribution in [3.05, 3.63) is 35.6 Å². The number of aryl methyl sites for hydroxylation is 1. The van der Waals surface area contributed by atoms with Crippen molar-refractivity contribution in [3.63, 3.8) is 0 Å². The minimum absolute atomic E-state index is 0.186. The third-order valence-corrected chi connectivity index (χ3v) is 4.67. The van der Waals surface area contributed by atoms with Gasteiger partial charge in [0, 0.05) is 36.6 Å². The Hall–Kier alpha value is -1.32. The minimum Gasteiger partial charge on any atom is -0.461 e. The summed E-state index contributed by atoms with van der Waals surface area (Å²) in [6.45, 7) is 9.68.